The number of thioether (sulfide) groups is 1. The quantitative estimate of drug-likeness (QED) is 0.285. The third-order valence-electron chi connectivity index (χ3n) is 4.43. The van der Waals surface area contributed by atoms with Gasteiger partial charge in [0.15, 0.2) is 11.5 Å². The van der Waals surface area contributed by atoms with Crippen molar-refractivity contribution in [3.05, 3.63) is 60.9 Å². The molecule has 1 fully saturated rings. The molecule has 174 valence electrons. The molecule has 1 aliphatic heterocycles. The summed E-state index contributed by atoms with van der Waals surface area (Å²) in [6.07, 6.45) is 1.54. The first-order chi connectivity index (χ1) is 15.7. The SMILES string of the molecule is CCOC(=O)CN1C(=O)S/C(=C/c2cc(OC)c(OCc3ccc(Cl)cc3Cl)cc2Br)C1=O. The van der Waals surface area contributed by atoms with E-state index < -0.39 is 23.7 Å². The molecule has 0 N–H and O–H groups in total. The maximum Gasteiger partial charge on any atom is 0.326 e. The molecular weight excluding hydrogens is 557 g/mol. The number of imide groups is 1. The lowest BCUT2D eigenvalue weighted by Gasteiger charge is -2.14. The lowest BCUT2D eigenvalue weighted by molar-refractivity contribution is -0.145. The van der Waals surface area contributed by atoms with Crippen LogP contribution in [-0.2, 0) is 20.9 Å². The number of esters is 1. The van der Waals surface area contributed by atoms with Gasteiger partial charge in [0.25, 0.3) is 11.1 Å². The monoisotopic (exact) mass is 573 g/mol. The molecule has 2 aromatic carbocycles. The number of carbonyl (C=O) groups excluding carboxylic acids is 3. The number of rotatable bonds is 8. The summed E-state index contributed by atoms with van der Waals surface area (Å²) in [4.78, 5) is 37.5. The summed E-state index contributed by atoms with van der Waals surface area (Å²) < 4.78 is 16.7. The van der Waals surface area contributed by atoms with E-state index in [1.807, 2.05) is 0 Å². The van der Waals surface area contributed by atoms with Crippen molar-refractivity contribution in [2.75, 3.05) is 20.3 Å². The van der Waals surface area contributed by atoms with Crippen molar-refractivity contribution < 1.29 is 28.6 Å². The van der Waals surface area contributed by atoms with Crippen LogP contribution < -0.4 is 9.47 Å². The van der Waals surface area contributed by atoms with Crippen LogP contribution in [0.2, 0.25) is 10.0 Å². The van der Waals surface area contributed by atoms with Gasteiger partial charge in [0.05, 0.1) is 18.6 Å². The second-order valence-corrected chi connectivity index (χ2v) is 9.31. The Morgan fingerprint density at radius 2 is 1.94 bits per heavy atom. The minimum absolute atomic E-state index is 0.163. The number of carbonyl (C=O) groups is 3. The standard InChI is InChI=1S/C22H18BrCl2NO6S/c1-3-31-20(27)10-26-21(28)19(33-22(26)29)7-13-6-17(30-2)18(9-15(13)23)32-11-12-4-5-14(24)8-16(12)25/h4-9H,3,10-11H2,1-2H3/b19-7+. The summed E-state index contributed by atoms with van der Waals surface area (Å²) in [6.45, 7) is 1.56. The lowest BCUT2D eigenvalue weighted by atomic mass is 10.1. The molecule has 2 aromatic rings. The number of amides is 2. The molecule has 11 heteroatoms. The van der Waals surface area contributed by atoms with Crippen LogP contribution >= 0.6 is 50.9 Å². The summed E-state index contributed by atoms with van der Waals surface area (Å²) >= 11 is 16.3. The second kappa shape index (κ2) is 11.3. The van der Waals surface area contributed by atoms with Crippen LogP contribution in [0.3, 0.4) is 0 Å². The molecule has 1 aliphatic rings. The molecule has 0 bridgehead atoms. The van der Waals surface area contributed by atoms with Gasteiger partial charge in [-0.3, -0.25) is 19.3 Å². The first-order valence-electron chi connectivity index (χ1n) is 9.58. The topological polar surface area (TPSA) is 82.1 Å². The fourth-order valence-corrected chi connectivity index (χ4v) is 4.57. The van der Waals surface area contributed by atoms with Crippen molar-refractivity contribution in [3.63, 3.8) is 0 Å². The van der Waals surface area contributed by atoms with E-state index in [2.05, 4.69) is 15.9 Å². The van der Waals surface area contributed by atoms with Crippen LogP contribution in [0.4, 0.5) is 4.79 Å². The third kappa shape index (κ3) is 6.23. The number of hydrogen-bond acceptors (Lipinski definition) is 7. The summed E-state index contributed by atoms with van der Waals surface area (Å²) in [5, 5.41) is 0.470. The van der Waals surface area contributed by atoms with Crippen LogP contribution in [0.1, 0.15) is 18.1 Å². The fourth-order valence-electron chi connectivity index (χ4n) is 2.84. The molecule has 0 unspecified atom stereocenters. The normalized spacial score (nSPS) is 14.7. The molecule has 0 radical (unpaired) electrons. The minimum Gasteiger partial charge on any atom is -0.493 e. The van der Waals surface area contributed by atoms with Crippen LogP contribution in [0.15, 0.2) is 39.7 Å². The van der Waals surface area contributed by atoms with Crippen molar-refractivity contribution in [1.29, 1.82) is 0 Å². The largest absolute Gasteiger partial charge is 0.493 e. The highest BCUT2D eigenvalue weighted by atomic mass is 79.9. The first-order valence-corrected chi connectivity index (χ1v) is 11.9. The van der Waals surface area contributed by atoms with Crippen molar-refractivity contribution in [2.24, 2.45) is 0 Å². The molecule has 1 saturated heterocycles. The van der Waals surface area contributed by atoms with E-state index in [0.29, 0.717) is 31.6 Å². The number of methoxy groups -OCH3 is 1. The summed E-state index contributed by atoms with van der Waals surface area (Å²) in [7, 11) is 1.49. The van der Waals surface area contributed by atoms with E-state index in [9.17, 15) is 14.4 Å². The van der Waals surface area contributed by atoms with Gasteiger partial charge in [0.1, 0.15) is 13.2 Å². The molecule has 3 rings (SSSR count). The highest BCUT2D eigenvalue weighted by Crippen LogP contribution is 2.38. The molecule has 33 heavy (non-hydrogen) atoms. The molecule has 0 aliphatic carbocycles. The highest BCUT2D eigenvalue weighted by Gasteiger charge is 2.36. The van der Waals surface area contributed by atoms with Crippen LogP contribution in [0, 0.1) is 0 Å². The Balaban J connectivity index is 1.80. The van der Waals surface area contributed by atoms with Crippen molar-refractivity contribution >= 4 is 74.1 Å². The molecular formula is C22H18BrCl2NO6S. The highest BCUT2D eigenvalue weighted by molar-refractivity contribution is 9.10. The minimum atomic E-state index is -0.647. The Kier molecular flexibility index (Phi) is 8.69. The predicted molar refractivity (Wildman–Crippen MR) is 131 cm³/mol. The van der Waals surface area contributed by atoms with Gasteiger partial charge < -0.3 is 14.2 Å². The number of nitrogens with zero attached hydrogens (tertiary/aromatic N) is 1. The molecule has 0 atom stereocenters. The summed E-state index contributed by atoms with van der Waals surface area (Å²) in [5.41, 5.74) is 1.34. The zero-order valence-electron chi connectivity index (χ0n) is 17.5. The zero-order valence-corrected chi connectivity index (χ0v) is 21.4. The van der Waals surface area contributed by atoms with E-state index in [4.69, 9.17) is 37.4 Å². The van der Waals surface area contributed by atoms with Gasteiger partial charge in [-0.2, -0.15) is 0 Å². The Labute approximate surface area is 213 Å². The molecule has 1 heterocycles. The van der Waals surface area contributed by atoms with Gasteiger partial charge in [0, 0.05) is 20.1 Å². The second-order valence-electron chi connectivity index (χ2n) is 6.62. The zero-order chi connectivity index (χ0) is 24.1. The summed E-state index contributed by atoms with van der Waals surface area (Å²) in [5.74, 6) is -0.351. The predicted octanol–water partition coefficient (Wildman–Crippen LogP) is 5.94. The van der Waals surface area contributed by atoms with Crippen LogP contribution in [0.25, 0.3) is 6.08 Å². The van der Waals surface area contributed by atoms with E-state index in [1.54, 1.807) is 43.3 Å². The van der Waals surface area contributed by atoms with Crippen molar-refractivity contribution in [1.82, 2.24) is 4.90 Å². The summed E-state index contributed by atoms with van der Waals surface area (Å²) in [6, 6.07) is 8.48. The molecule has 7 nitrogen and oxygen atoms in total. The maximum absolute atomic E-state index is 12.6. The average Bonchev–Trinajstić information content (AvgIpc) is 3.02. The van der Waals surface area contributed by atoms with Crippen molar-refractivity contribution in [2.45, 2.75) is 13.5 Å². The Morgan fingerprint density at radius 1 is 1.18 bits per heavy atom. The Hall–Kier alpha value is -2.20. The maximum atomic E-state index is 12.6. The number of ether oxygens (including phenoxy) is 3. The van der Waals surface area contributed by atoms with Crippen molar-refractivity contribution in [3.8, 4) is 11.5 Å². The average molecular weight is 575 g/mol. The molecule has 0 spiro atoms. The Morgan fingerprint density at radius 3 is 2.61 bits per heavy atom. The van der Waals surface area contributed by atoms with E-state index in [-0.39, 0.29) is 18.1 Å². The Bertz CT molecular complexity index is 1140. The number of benzene rings is 2. The molecule has 0 saturated carbocycles. The van der Waals surface area contributed by atoms with Gasteiger partial charge in [0.2, 0.25) is 0 Å². The van der Waals surface area contributed by atoms with Gasteiger partial charge in [-0.25, -0.2) is 0 Å². The molecule has 0 aromatic heterocycles. The first kappa shape index (κ1) is 25.4. The lowest BCUT2D eigenvalue weighted by Crippen LogP contribution is -2.34. The molecule has 2 amide bonds. The van der Waals surface area contributed by atoms with Crippen LogP contribution in [-0.4, -0.2) is 42.3 Å². The fraction of sp³-hybridized carbons (Fsp3) is 0.227. The smallest absolute Gasteiger partial charge is 0.326 e. The van der Waals surface area contributed by atoms with Crippen LogP contribution in [0.5, 0.6) is 11.5 Å². The third-order valence-corrected chi connectivity index (χ3v) is 6.62. The van der Waals surface area contributed by atoms with Gasteiger partial charge >= 0.3 is 5.97 Å². The van der Waals surface area contributed by atoms with Gasteiger partial charge in [-0.1, -0.05) is 45.2 Å². The van der Waals surface area contributed by atoms with E-state index in [0.717, 1.165) is 22.2 Å². The van der Waals surface area contributed by atoms with E-state index >= 15 is 0 Å². The number of halogens is 3. The van der Waals surface area contributed by atoms with E-state index in [1.165, 1.54) is 7.11 Å². The number of hydrogen-bond donors (Lipinski definition) is 0. The van der Waals surface area contributed by atoms with Gasteiger partial charge in [-0.15, -0.1) is 0 Å². The van der Waals surface area contributed by atoms with Gasteiger partial charge in [-0.05, 0) is 54.6 Å².